The number of primary amides is 1. The van der Waals surface area contributed by atoms with Crippen molar-refractivity contribution in [3.8, 4) is 0 Å². The van der Waals surface area contributed by atoms with Gasteiger partial charge < -0.3 is 25.7 Å². The Balaban J connectivity index is 0.00000280. The van der Waals surface area contributed by atoms with Gasteiger partial charge >= 0.3 is 0 Å². The highest BCUT2D eigenvalue weighted by Gasteiger charge is 2.23. The van der Waals surface area contributed by atoms with Gasteiger partial charge in [-0.25, -0.2) is 4.99 Å². The van der Waals surface area contributed by atoms with Crippen molar-refractivity contribution in [2.24, 2.45) is 10.7 Å². The molecule has 1 atom stereocenters. The first-order chi connectivity index (χ1) is 13.0. The molecule has 7 nitrogen and oxygen atoms in total. The largest absolute Gasteiger partial charge is 0.454 e. The Morgan fingerprint density at radius 2 is 2.21 bits per heavy atom. The lowest BCUT2D eigenvalue weighted by Crippen LogP contribution is -2.44. The second-order valence-electron chi connectivity index (χ2n) is 6.38. The fraction of sp³-hybridized carbons (Fsp3) is 0.368. The van der Waals surface area contributed by atoms with Gasteiger partial charge in [0.1, 0.15) is 12.3 Å². The minimum Gasteiger partial charge on any atom is -0.454 e. The number of carbonyl (C=O) groups is 1. The SMILES string of the molecule is CCNC(=NCc1ccc(C(N)=O)o1)NC1CCN(c2cccc(Cl)c2)C1.I. The number of benzene rings is 1. The smallest absolute Gasteiger partial charge is 0.284 e. The van der Waals surface area contributed by atoms with Crippen LogP contribution < -0.4 is 21.3 Å². The average molecular weight is 518 g/mol. The average Bonchev–Trinajstić information content (AvgIpc) is 3.29. The van der Waals surface area contributed by atoms with E-state index in [1.807, 2.05) is 25.1 Å². The molecule has 2 heterocycles. The minimum absolute atomic E-state index is 0. The topological polar surface area (TPSA) is 95.9 Å². The van der Waals surface area contributed by atoms with E-state index >= 15 is 0 Å². The van der Waals surface area contributed by atoms with E-state index in [1.54, 1.807) is 12.1 Å². The summed E-state index contributed by atoms with van der Waals surface area (Å²) in [6, 6.07) is 11.5. The predicted octanol–water partition coefficient (Wildman–Crippen LogP) is 2.98. The number of aliphatic imine (C=N–C) groups is 1. The molecule has 1 aromatic heterocycles. The molecule has 1 saturated heterocycles. The maximum atomic E-state index is 11.1. The first kappa shape index (κ1) is 22.4. The maximum absolute atomic E-state index is 11.1. The summed E-state index contributed by atoms with van der Waals surface area (Å²) in [6.45, 7) is 4.92. The third-order valence-corrected chi connectivity index (χ3v) is 4.58. The van der Waals surface area contributed by atoms with Crippen LogP contribution in [0.2, 0.25) is 5.02 Å². The first-order valence-corrected chi connectivity index (χ1v) is 9.37. The molecule has 1 aliphatic heterocycles. The van der Waals surface area contributed by atoms with E-state index in [0.717, 1.165) is 36.8 Å². The number of furan rings is 1. The third-order valence-electron chi connectivity index (χ3n) is 4.34. The zero-order valence-electron chi connectivity index (χ0n) is 15.7. The standard InChI is InChI=1S/C19H24ClN5O2.HI/c1-2-22-19(23-11-16-6-7-17(27-16)18(21)26)24-14-8-9-25(12-14)15-5-3-4-13(20)10-15;/h3-7,10,14H,2,8-9,11-12H2,1H3,(H2,21,26)(H2,22,23,24);1H. The number of carbonyl (C=O) groups excluding carboxylic acids is 1. The highest BCUT2D eigenvalue weighted by atomic mass is 127. The molecule has 28 heavy (non-hydrogen) atoms. The number of nitrogens with one attached hydrogen (secondary N) is 2. The monoisotopic (exact) mass is 517 g/mol. The van der Waals surface area contributed by atoms with E-state index in [-0.39, 0.29) is 35.8 Å². The fourth-order valence-corrected chi connectivity index (χ4v) is 3.24. The summed E-state index contributed by atoms with van der Waals surface area (Å²) in [4.78, 5) is 18.0. The molecule has 3 rings (SSSR count). The van der Waals surface area contributed by atoms with Gasteiger partial charge in [-0.3, -0.25) is 4.79 Å². The molecule has 1 amide bonds. The molecule has 1 unspecified atom stereocenters. The van der Waals surface area contributed by atoms with Crippen molar-refractivity contribution < 1.29 is 9.21 Å². The molecule has 0 radical (unpaired) electrons. The van der Waals surface area contributed by atoms with Gasteiger partial charge in [-0.05, 0) is 43.7 Å². The Labute approximate surface area is 186 Å². The second-order valence-corrected chi connectivity index (χ2v) is 6.82. The van der Waals surface area contributed by atoms with Gasteiger partial charge in [0.05, 0.1) is 0 Å². The molecule has 152 valence electrons. The van der Waals surface area contributed by atoms with Crippen molar-refractivity contribution in [2.45, 2.75) is 25.9 Å². The zero-order valence-corrected chi connectivity index (χ0v) is 18.7. The number of hydrogen-bond acceptors (Lipinski definition) is 4. The van der Waals surface area contributed by atoms with Crippen LogP contribution in [-0.2, 0) is 6.54 Å². The minimum atomic E-state index is -0.581. The van der Waals surface area contributed by atoms with Crippen LogP contribution >= 0.6 is 35.6 Å². The molecule has 2 aromatic rings. The van der Waals surface area contributed by atoms with E-state index in [9.17, 15) is 4.79 Å². The molecule has 1 aromatic carbocycles. The molecule has 0 saturated carbocycles. The number of nitrogens with zero attached hydrogens (tertiary/aromatic N) is 2. The van der Waals surface area contributed by atoms with Gasteiger partial charge in [-0.1, -0.05) is 17.7 Å². The molecule has 0 spiro atoms. The number of rotatable bonds is 6. The van der Waals surface area contributed by atoms with E-state index < -0.39 is 5.91 Å². The van der Waals surface area contributed by atoms with Crippen molar-refractivity contribution in [3.63, 3.8) is 0 Å². The second kappa shape index (κ2) is 10.6. The fourth-order valence-electron chi connectivity index (χ4n) is 3.05. The molecule has 0 aliphatic carbocycles. The lowest BCUT2D eigenvalue weighted by Gasteiger charge is -2.20. The Morgan fingerprint density at radius 3 is 2.89 bits per heavy atom. The number of guanidine groups is 1. The molecule has 0 bridgehead atoms. The van der Waals surface area contributed by atoms with E-state index in [4.69, 9.17) is 21.8 Å². The summed E-state index contributed by atoms with van der Waals surface area (Å²) >= 11 is 6.10. The van der Waals surface area contributed by atoms with E-state index in [2.05, 4.69) is 26.6 Å². The van der Waals surface area contributed by atoms with Gasteiger partial charge in [0.25, 0.3) is 5.91 Å². The number of anilines is 1. The Hall–Kier alpha value is -1.94. The lowest BCUT2D eigenvalue weighted by atomic mass is 10.2. The Kier molecular flexibility index (Phi) is 8.43. The first-order valence-electron chi connectivity index (χ1n) is 8.99. The van der Waals surface area contributed by atoms with Crippen LogP contribution in [0, 0.1) is 0 Å². The predicted molar refractivity (Wildman–Crippen MR) is 123 cm³/mol. The van der Waals surface area contributed by atoms with Crippen LogP contribution in [0.1, 0.15) is 29.7 Å². The summed E-state index contributed by atoms with van der Waals surface area (Å²) in [5, 5.41) is 7.44. The van der Waals surface area contributed by atoms with Crippen LogP contribution in [0.15, 0.2) is 45.8 Å². The quantitative estimate of drug-likeness (QED) is 0.311. The summed E-state index contributed by atoms with van der Waals surface area (Å²) in [6.07, 6.45) is 1.00. The van der Waals surface area contributed by atoms with Gasteiger partial charge in [0, 0.05) is 36.4 Å². The number of nitrogens with two attached hydrogens (primary N) is 1. The van der Waals surface area contributed by atoms with Crippen molar-refractivity contribution in [3.05, 3.63) is 52.9 Å². The number of hydrogen-bond donors (Lipinski definition) is 3. The van der Waals surface area contributed by atoms with Crippen LogP contribution in [0.3, 0.4) is 0 Å². The molecule has 1 aliphatic rings. The van der Waals surface area contributed by atoms with Crippen molar-refractivity contribution in [1.82, 2.24) is 10.6 Å². The summed E-state index contributed by atoms with van der Waals surface area (Å²) < 4.78 is 5.37. The Morgan fingerprint density at radius 1 is 1.39 bits per heavy atom. The highest BCUT2D eigenvalue weighted by Crippen LogP contribution is 2.23. The van der Waals surface area contributed by atoms with E-state index in [1.165, 1.54) is 0 Å². The van der Waals surface area contributed by atoms with Gasteiger partial charge in [-0.2, -0.15) is 0 Å². The molecular weight excluding hydrogens is 493 g/mol. The zero-order chi connectivity index (χ0) is 19.2. The molecule has 9 heteroatoms. The lowest BCUT2D eigenvalue weighted by molar-refractivity contribution is 0.0972. The third kappa shape index (κ3) is 6.03. The van der Waals surface area contributed by atoms with Gasteiger partial charge in [0.2, 0.25) is 0 Å². The van der Waals surface area contributed by atoms with Crippen LogP contribution in [-0.4, -0.2) is 37.5 Å². The summed E-state index contributed by atoms with van der Waals surface area (Å²) in [7, 11) is 0. The highest BCUT2D eigenvalue weighted by molar-refractivity contribution is 14.0. The summed E-state index contributed by atoms with van der Waals surface area (Å²) in [5.41, 5.74) is 6.33. The molecule has 4 N–H and O–H groups in total. The normalized spacial score (nSPS) is 16.6. The Bertz CT molecular complexity index is 826. The number of amides is 1. The number of halogens is 2. The van der Waals surface area contributed by atoms with Crippen LogP contribution in [0.4, 0.5) is 5.69 Å². The summed E-state index contributed by atoms with van der Waals surface area (Å²) in [5.74, 6) is 0.869. The van der Waals surface area contributed by atoms with Crippen LogP contribution in [0.5, 0.6) is 0 Å². The van der Waals surface area contributed by atoms with Crippen molar-refractivity contribution in [1.29, 1.82) is 0 Å². The van der Waals surface area contributed by atoms with E-state index in [0.29, 0.717) is 18.3 Å². The van der Waals surface area contributed by atoms with Crippen molar-refractivity contribution in [2.75, 3.05) is 24.5 Å². The maximum Gasteiger partial charge on any atom is 0.284 e. The van der Waals surface area contributed by atoms with Crippen LogP contribution in [0.25, 0.3) is 0 Å². The van der Waals surface area contributed by atoms with Gasteiger partial charge in [0.15, 0.2) is 11.7 Å². The molecule has 1 fully saturated rings. The van der Waals surface area contributed by atoms with Crippen molar-refractivity contribution >= 4 is 53.1 Å². The van der Waals surface area contributed by atoms with Gasteiger partial charge in [-0.15, -0.1) is 24.0 Å². The molecular formula is C19H25ClIN5O2.